The lowest BCUT2D eigenvalue weighted by Crippen LogP contribution is -2.60. The number of hydrogen-bond donors (Lipinski definition) is 3. The van der Waals surface area contributed by atoms with Crippen molar-refractivity contribution in [3.63, 3.8) is 0 Å². The van der Waals surface area contributed by atoms with Crippen molar-refractivity contribution in [3.8, 4) is 17.2 Å². The molecule has 0 aliphatic carbocycles. The van der Waals surface area contributed by atoms with Crippen molar-refractivity contribution >= 4 is 38.5 Å². The average Bonchev–Trinajstić information content (AvgIpc) is 2.94. The van der Waals surface area contributed by atoms with E-state index < -0.39 is 48.2 Å². The fourth-order valence-electron chi connectivity index (χ4n) is 6.07. The van der Waals surface area contributed by atoms with Crippen molar-refractivity contribution in [3.05, 3.63) is 51.9 Å². The van der Waals surface area contributed by atoms with E-state index in [4.69, 9.17) is 23.4 Å². The normalized spacial score (nSPS) is 23.4. The van der Waals surface area contributed by atoms with Crippen LogP contribution in [0.4, 0.5) is 0 Å². The molecule has 3 N–H and O–H groups in total. The van der Waals surface area contributed by atoms with E-state index in [2.05, 4.69) is 0 Å². The van der Waals surface area contributed by atoms with Gasteiger partial charge in [-0.2, -0.15) is 0 Å². The van der Waals surface area contributed by atoms with E-state index in [1.54, 1.807) is 57.1 Å². The zero-order chi connectivity index (χ0) is 30.6. The Bertz CT molecular complexity index is 1740. The van der Waals surface area contributed by atoms with Crippen LogP contribution in [-0.4, -0.2) is 78.9 Å². The Morgan fingerprint density at radius 1 is 1.02 bits per heavy atom. The molecule has 11 nitrogen and oxygen atoms in total. The van der Waals surface area contributed by atoms with Crippen molar-refractivity contribution in [2.24, 2.45) is 0 Å². The first kappa shape index (κ1) is 29.6. The highest BCUT2D eigenvalue weighted by molar-refractivity contribution is 6.19. The molecule has 11 heteroatoms. The zero-order valence-corrected chi connectivity index (χ0v) is 24.5. The molecule has 42 heavy (non-hydrogen) atoms. The third kappa shape index (κ3) is 4.72. The van der Waals surface area contributed by atoms with E-state index in [0.29, 0.717) is 33.0 Å². The summed E-state index contributed by atoms with van der Waals surface area (Å²) in [5.74, 6) is -0.00935. The molecule has 5 rings (SSSR count). The molecule has 0 bridgehead atoms. The maximum absolute atomic E-state index is 13.5. The van der Waals surface area contributed by atoms with Crippen LogP contribution in [0.2, 0.25) is 0 Å². The first-order valence-electron chi connectivity index (χ1n) is 13.6. The molecule has 1 saturated heterocycles. The van der Waals surface area contributed by atoms with Crippen LogP contribution < -0.4 is 15.1 Å². The minimum absolute atomic E-state index is 0.129. The molecule has 224 valence electrons. The number of carbonyl (C=O) groups excluding carboxylic acids is 1. The highest BCUT2D eigenvalue weighted by Crippen LogP contribution is 2.47. The lowest BCUT2D eigenvalue weighted by atomic mass is 9.86. The van der Waals surface area contributed by atoms with Crippen LogP contribution in [0.1, 0.15) is 44.1 Å². The Kier molecular flexibility index (Phi) is 7.80. The number of rotatable bonds is 6. The maximum atomic E-state index is 13.5. The van der Waals surface area contributed by atoms with Gasteiger partial charge in [-0.25, -0.2) is 4.79 Å². The Morgan fingerprint density at radius 3 is 2.29 bits per heavy atom. The van der Waals surface area contributed by atoms with Gasteiger partial charge in [0.2, 0.25) is 0 Å². The summed E-state index contributed by atoms with van der Waals surface area (Å²) in [5.41, 5.74) is 0.353. The summed E-state index contributed by atoms with van der Waals surface area (Å²) in [6.07, 6.45) is -4.40. The molecule has 1 aliphatic rings. The number of aliphatic hydroxyl groups excluding tert-OH is 2. The highest BCUT2D eigenvalue weighted by Gasteiger charge is 2.47. The second kappa shape index (κ2) is 11.1. The molecule has 0 radical (unpaired) electrons. The number of phenols is 1. The number of ether oxygens (including phenoxy) is 4. The molecule has 2 heterocycles. The second-order valence-electron chi connectivity index (χ2n) is 10.9. The molecule has 1 fully saturated rings. The monoisotopic (exact) mass is 581 g/mol. The van der Waals surface area contributed by atoms with E-state index in [0.717, 1.165) is 0 Å². The maximum Gasteiger partial charge on any atom is 0.344 e. The first-order valence-corrected chi connectivity index (χ1v) is 13.6. The molecule has 1 aliphatic heterocycles. The number of methoxy groups -OCH3 is 2. The fourth-order valence-corrected chi connectivity index (χ4v) is 6.07. The number of fused-ring (bicyclic) bond motifs is 5. The second-order valence-corrected chi connectivity index (χ2v) is 10.9. The summed E-state index contributed by atoms with van der Waals surface area (Å²) in [6.45, 7) is 4.63. The molecular formula is C31H35NO10. The Hall–Kier alpha value is -3.90. The fraction of sp³-hybridized carbons (Fsp3) is 0.419. The van der Waals surface area contributed by atoms with Gasteiger partial charge in [0.15, 0.2) is 0 Å². The number of carbonyl (C=O) groups is 1. The summed E-state index contributed by atoms with van der Waals surface area (Å²) < 4.78 is 29.2. The Balaban J connectivity index is 1.87. The summed E-state index contributed by atoms with van der Waals surface area (Å²) in [4.78, 5) is 27.1. The molecule has 0 spiro atoms. The van der Waals surface area contributed by atoms with Crippen LogP contribution in [0.25, 0.3) is 32.5 Å². The predicted molar refractivity (Wildman–Crippen MR) is 155 cm³/mol. The zero-order valence-electron chi connectivity index (χ0n) is 24.5. The number of aromatic hydroxyl groups is 1. The van der Waals surface area contributed by atoms with Crippen LogP contribution in [-0.2, 0) is 14.3 Å². The molecular weight excluding hydrogens is 546 g/mol. The van der Waals surface area contributed by atoms with Crippen molar-refractivity contribution in [2.75, 3.05) is 28.3 Å². The van der Waals surface area contributed by atoms with Crippen molar-refractivity contribution in [2.45, 2.75) is 57.3 Å². The van der Waals surface area contributed by atoms with Gasteiger partial charge in [0.25, 0.3) is 0 Å². The van der Waals surface area contributed by atoms with Crippen LogP contribution in [0, 0.1) is 0 Å². The number of hydrogen-bond acceptors (Lipinski definition) is 11. The molecule has 1 unspecified atom stereocenters. The lowest BCUT2D eigenvalue weighted by molar-refractivity contribution is -0.212. The Labute approximate surface area is 241 Å². The van der Waals surface area contributed by atoms with Crippen LogP contribution in [0.5, 0.6) is 17.2 Å². The Morgan fingerprint density at radius 2 is 1.69 bits per heavy atom. The highest BCUT2D eigenvalue weighted by atomic mass is 16.6. The summed E-state index contributed by atoms with van der Waals surface area (Å²) in [5, 5.41) is 34.6. The molecule has 1 aromatic heterocycles. The van der Waals surface area contributed by atoms with Gasteiger partial charge in [0.05, 0.1) is 43.2 Å². The molecule has 0 amide bonds. The minimum atomic E-state index is -1.19. The lowest BCUT2D eigenvalue weighted by Gasteiger charge is -2.46. The van der Waals surface area contributed by atoms with Crippen molar-refractivity contribution in [1.29, 1.82) is 0 Å². The summed E-state index contributed by atoms with van der Waals surface area (Å²) in [6, 6.07) is 7.28. The van der Waals surface area contributed by atoms with Gasteiger partial charge in [-0.15, -0.1) is 0 Å². The quantitative estimate of drug-likeness (QED) is 0.174. The van der Waals surface area contributed by atoms with E-state index >= 15 is 0 Å². The van der Waals surface area contributed by atoms with Gasteiger partial charge < -0.3 is 43.6 Å². The predicted octanol–water partition coefficient (Wildman–Crippen LogP) is 3.56. The van der Waals surface area contributed by atoms with E-state index in [-0.39, 0.29) is 27.9 Å². The molecule has 0 saturated carbocycles. The van der Waals surface area contributed by atoms with Crippen molar-refractivity contribution < 1.29 is 43.5 Å². The third-order valence-corrected chi connectivity index (χ3v) is 7.97. The number of aliphatic hydroxyl groups is 2. The van der Waals surface area contributed by atoms with Crippen molar-refractivity contribution in [1.82, 2.24) is 4.90 Å². The van der Waals surface area contributed by atoms with Gasteiger partial charge in [0, 0.05) is 23.1 Å². The number of esters is 1. The average molecular weight is 582 g/mol. The standard InChI is InChI=1S/C31H35NO10/c1-13(33)16-10-19-23(21(11-16)38-6)18-12-22(39-7)25-20(35)9-8-17(24(25)29(18)42-31(19)37)30-27(36)26(32(4)5)28(14(2)40-30)41-15(3)34/h8-14,26-28,30,33,35-36H,1-7H3/t13?,14-,26-,27-,28+,30+/m1/s1. The SMILES string of the molecule is COc1cc2c(oc(=O)c3cc(C(C)O)cc(OC)c32)c2c([C@@H]3O[C@H](C)[C@H](OC(C)=O)[C@H](N(C)C)[C@H]3O)ccc(O)c12. The molecule has 3 aromatic carbocycles. The van der Waals surface area contributed by atoms with Gasteiger partial charge in [-0.3, -0.25) is 4.79 Å². The third-order valence-electron chi connectivity index (χ3n) is 7.97. The summed E-state index contributed by atoms with van der Waals surface area (Å²) in [7, 11) is 6.46. The molecule has 6 atom stereocenters. The van der Waals surface area contributed by atoms with Crippen LogP contribution >= 0.6 is 0 Å². The van der Waals surface area contributed by atoms with E-state index in [9.17, 15) is 24.9 Å². The number of nitrogens with zero attached hydrogens (tertiary/aromatic N) is 1. The topological polar surface area (TPSA) is 148 Å². The van der Waals surface area contributed by atoms with Crippen LogP contribution in [0.3, 0.4) is 0 Å². The van der Waals surface area contributed by atoms with E-state index in [1.165, 1.54) is 27.2 Å². The number of phenolic OH excluding ortho intramolecular Hbond substituents is 1. The molecule has 4 aromatic rings. The smallest absolute Gasteiger partial charge is 0.344 e. The largest absolute Gasteiger partial charge is 0.507 e. The van der Waals surface area contributed by atoms with E-state index in [1.807, 2.05) is 0 Å². The van der Waals surface area contributed by atoms with Gasteiger partial charge in [0.1, 0.15) is 41.1 Å². The summed E-state index contributed by atoms with van der Waals surface area (Å²) >= 11 is 0. The minimum Gasteiger partial charge on any atom is -0.507 e. The number of benzene rings is 3. The van der Waals surface area contributed by atoms with Crippen LogP contribution in [0.15, 0.2) is 39.5 Å². The van der Waals surface area contributed by atoms with Gasteiger partial charge in [-0.05, 0) is 63.3 Å². The number of likely N-dealkylation sites (N-methyl/N-ethyl adjacent to an activating group) is 1. The van der Waals surface area contributed by atoms with Gasteiger partial charge >= 0.3 is 11.6 Å². The van der Waals surface area contributed by atoms with Gasteiger partial charge in [-0.1, -0.05) is 6.07 Å². The first-order chi connectivity index (χ1) is 19.9.